The molecule has 29 heavy (non-hydrogen) atoms. The molecule has 0 heterocycles. The van der Waals surface area contributed by atoms with Crippen LogP contribution < -0.4 is 0 Å². The molecule has 4 nitrogen and oxygen atoms in total. The van der Waals surface area contributed by atoms with Crippen molar-refractivity contribution in [3.63, 3.8) is 0 Å². The van der Waals surface area contributed by atoms with E-state index in [4.69, 9.17) is 14.2 Å². The Balaban J connectivity index is 3.09. The van der Waals surface area contributed by atoms with E-state index in [2.05, 4.69) is 25.7 Å². The van der Waals surface area contributed by atoms with Crippen LogP contribution >= 0.6 is 0 Å². The number of ether oxygens (including phenoxy) is 3. The third-order valence-electron chi connectivity index (χ3n) is 4.81. The second kappa shape index (κ2) is 24.9. The molecule has 0 aliphatic heterocycles. The molecule has 0 aromatic rings. The van der Waals surface area contributed by atoms with Gasteiger partial charge in [-0.2, -0.15) is 0 Å². The second-order valence-corrected chi connectivity index (χ2v) is 7.53. The van der Waals surface area contributed by atoms with Crippen LogP contribution in [0.3, 0.4) is 0 Å². The summed E-state index contributed by atoms with van der Waals surface area (Å²) in [6.45, 7) is 8.21. The standard InChI is InChI=1S/C25H46O4/c1-3-5-6-7-8-9-10-11-12-13-14-15-16-17-18-19-20-27-21-22-28-23-24-29-25(26)4-2/h4,11-12H,2-3,5-10,13-24H2,1H3/b12-11-. The topological polar surface area (TPSA) is 44.8 Å². The minimum atomic E-state index is -0.412. The molecule has 0 saturated carbocycles. The molecule has 0 saturated heterocycles. The average molecular weight is 411 g/mol. The monoisotopic (exact) mass is 410 g/mol. The average Bonchev–Trinajstić information content (AvgIpc) is 2.74. The molecule has 0 amide bonds. The summed E-state index contributed by atoms with van der Waals surface area (Å²) in [6.07, 6.45) is 24.4. The number of hydrogen-bond donors (Lipinski definition) is 0. The lowest BCUT2D eigenvalue weighted by Crippen LogP contribution is -2.11. The van der Waals surface area contributed by atoms with Crippen molar-refractivity contribution < 1.29 is 19.0 Å². The van der Waals surface area contributed by atoms with Crippen molar-refractivity contribution in [1.82, 2.24) is 0 Å². The fraction of sp³-hybridized carbons (Fsp3) is 0.800. The van der Waals surface area contributed by atoms with E-state index >= 15 is 0 Å². The lowest BCUT2D eigenvalue weighted by Gasteiger charge is -2.06. The van der Waals surface area contributed by atoms with E-state index in [9.17, 15) is 4.79 Å². The van der Waals surface area contributed by atoms with Crippen molar-refractivity contribution >= 4 is 5.97 Å². The summed E-state index contributed by atoms with van der Waals surface area (Å²) in [6, 6.07) is 0. The molecule has 4 heteroatoms. The molecular formula is C25H46O4. The number of rotatable bonds is 23. The van der Waals surface area contributed by atoms with Crippen LogP contribution in [0.25, 0.3) is 0 Å². The number of carbonyl (C=O) groups is 1. The molecule has 0 bridgehead atoms. The van der Waals surface area contributed by atoms with Crippen molar-refractivity contribution in [3.8, 4) is 0 Å². The molecule has 0 aromatic heterocycles. The predicted molar refractivity (Wildman–Crippen MR) is 122 cm³/mol. The Labute approximate surface area is 180 Å². The largest absolute Gasteiger partial charge is 0.460 e. The Hall–Kier alpha value is -1.13. The van der Waals surface area contributed by atoms with Crippen LogP contribution in [-0.2, 0) is 19.0 Å². The number of unbranched alkanes of at least 4 members (excludes halogenated alkanes) is 12. The van der Waals surface area contributed by atoms with Crippen LogP contribution in [-0.4, -0.2) is 39.0 Å². The van der Waals surface area contributed by atoms with Gasteiger partial charge < -0.3 is 14.2 Å². The summed E-state index contributed by atoms with van der Waals surface area (Å²) in [5.41, 5.74) is 0. The van der Waals surface area contributed by atoms with Crippen LogP contribution in [0.4, 0.5) is 0 Å². The number of carbonyl (C=O) groups excluding carboxylic acids is 1. The van der Waals surface area contributed by atoms with Gasteiger partial charge in [0.15, 0.2) is 0 Å². The van der Waals surface area contributed by atoms with Crippen LogP contribution in [0, 0.1) is 0 Å². The van der Waals surface area contributed by atoms with Crippen molar-refractivity contribution in [1.29, 1.82) is 0 Å². The van der Waals surface area contributed by atoms with Crippen LogP contribution in [0.5, 0.6) is 0 Å². The third-order valence-corrected chi connectivity index (χ3v) is 4.81. The van der Waals surface area contributed by atoms with Gasteiger partial charge in [0.1, 0.15) is 6.61 Å². The lowest BCUT2D eigenvalue weighted by molar-refractivity contribution is -0.139. The Morgan fingerprint density at radius 1 is 0.655 bits per heavy atom. The first-order valence-corrected chi connectivity index (χ1v) is 11.9. The summed E-state index contributed by atoms with van der Waals surface area (Å²) in [5, 5.41) is 0. The Morgan fingerprint density at radius 2 is 1.14 bits per heavy atom. The summed E-state index contributed by atoms with van der Waals surface area (Å²) in [4.78, 5) is 10.8. The van der Waals surface area contributed by atoms with Gasteiger partial charge in [-0.15, -0.1) is 0 Å². The molecule has 0 atom stereocenters. The Morgan fingerprint density at radius 3 is 1.72 bits per heavy atom. The molecule has 0 spiro atoms. The zero-order chi connectivity index (χ0) is 21.3. The highest BCUT2D eigenvalue weighted by molar-refractivity contribution is 5.81. The van der Waals surface area contributed by atoms with E-state index in [1.165, 1.54) is 83.5 Å². The van der Waals surface area contributed by atoms with Gasteiger partial charge in [-0.3, -0.25) is 0 Å². The molecular weight excluding hydrogens is 364 g/mol. The summed E-state index contributed by atoms with van der Waals surface area (Å²) >= 11 is 0. The summed E-state index contributed by atoms with van der Waals surface area (Å²) in [7, 11) is 0. The smallest absolute Gasteiger partial charge is 0.330 e. The van der Waals surface area contributed by atoms with Crippen molar-refractivity contribution in [2.24, 2.45) is 0 Å². The zero-order valence-corrected chi connectivity index (χ0v) is 19.0. The highest BCUT2D eigenvalue weighted by Crippen LogP contribution is 2.10. The van der Waals surface area contributed by atoms with Crippen molar-refractivity contribution in [2.45, 2.75) is 96.8 Å². The molecule has 0 N–H and O–H groups in total. The summed E-state index contributed by atoms with van der Waals surface area (Å²) in [5.74, 6) is -0.412. The maximum atomic E-state index is 10.8. The van der Waals surface area contributed by atoms with Gasteiger partial charge in [0.25, 0.3) is 0 Å². The molecule has 170 valence electrons. The number of esters is 1. The van der Waals surface area contributed by atoms with Gasteiger partial charge in [0.05, 0.1) is 19.8 Å². The van der Waals surface area contributed by atoms with E-state index in [-0.39, 0.29) is 6.61 Å². The number of allylic oxidation sites excluding steroid dienone is 2. The molecule has 0 unspecified atom stereocenters. The predicted octanol–water partition coefficient (Wildman–Crippen LogP) is 6.79. The third kappa shape index (κ3) is 24.8. The van der Waals surface area contributed by atoms with Crippen LogP contribution in [0.15, 0.2) is 24.8 Å². The maximum Gasteiger partial charge on any atom is 0.330 e. The van der Waals surface area contributed by atoms with E-state index in [0.29, 0.717) is 19.8 Å². The first-order chi connectivity index (χ1) is 14.3. The van der Waals surface area contributed by atoms with Gasteiger partial charge in [-0.25, -0.2) is 4.79 Å². The van der Waals surface area contributed by atoms with E-state index in [0.717, 1.165) is 19.1 Å². The van der Waals surface area contributed by atoms with Gasteiger partial charge in [-0.05, 0) is 32.1 Å². The Bertz CT molecular complexity index is 379. The minimum Gasteiger partial charge on any atom is -0.460 e. The number of hydrogen-bond acceptors (Lipinski definition) is 4. The van der Waals surface area contributed by atoms with Crippen LogP contribution in [0.1, 0.15) is 96.8 Å². The lowest BCUT2D eigenvalue weighted by atomic mass is 10.1. The molecule has 0 rings (SSSR count). The van der Waals surface area contributed by atoms with Gasteiger partial charge in [-0.1, -0.05) is 83.4 Å². The Kier molecular flexibility index (Phi) is 23.9. The molecule has 0 radical (unpaired) electrons. The van der Waals surface area contributed by atoms with E-state index in [1.54, 1.807) is 0 Å². The van der Waals surface area contributed by atoms with Gasteiger partial charge in [0, 0.05) is 12.7 Å². The zero-order valence-electron chi connectivity index (χ0n) is 19.0. The van der Waals surface area contributed by atoms with Crippen LogP contribution in [0.2, 0.25) is 0 Å². The fourth-order valence-corrected chi connectivity index (χ4v) is 3.03. The van der Waals surface area contributed by atoms with E-state index in [1.807, 2.05) is 0 Å². The SMILES string of the molecule is C=CC(=O)OCCOCCOCCCCCCCC/C=C\CCCCCCCC. The first-order valence-electron chi connectivity index (χ1n) is 11.9. The molecule has 0 aliphatic rings. The minimum absolute atomic E-state index is 0.264. The highest BCUT2D eigenvalue weighted by Gasteiger charge is 1.96. The maximum absolute atomic E-state index is 10.8. The quantitative estimate of drug-likeness (QED) is 0.0805. The normalized spacial score (nSPS) is 11.2. The molecule has 0 aliphatic carbocycles. The fourth-order valence-electron chi connectivity index (χ4n) is 3.03. The van der Waals surface area contributed by atoms with Gasteiger partial charge in [0.2, 0.25) is 0 Å². The molecule has 0 aromatic carbocycles. The van der Waals surface area contributed by atoms with Crippen molar-refractivity contribution in [2.75, 3.05) is 33.0 Å². The summed E-state index contributed by atoms with van der Waals surface area (Å²) < 4.78 is 15.7. The highest BCUT2D eigenvalue weighted by atomic mass is 16.6. The van der Waals surface area contributed by atoms with E-state index < -0.39 is 5.97 Å². The molecule has 0 fully saturated rings. The van der Waals surface area contributed by atoms with Crippen molar-refractivity contribution in [3.05, 3.63) is 24.8 Å². The first kappa shape index (κ1) is 27.9. The van der Waals surface area contributed by atoms with Gasteiger partial charge >= 0.3 is 5.97 Å². The second-order valence-electron chi connectivity index (χ2n) is 7.53.